The third-order valence-corrected chi connectivity index (χ3v) is 4.16. The van der Waals surface area contributed by atoms with E-state index in [0.717, 1.165) is 13.0 Å². The zero-order valence-electron chi connectivity index (χ0n) is 11.3. The van der Waals surface area contributed by atoms with Gasteiger partial charge in [0.1, 0.15) is 0 Å². The molecule has 0 radical (unpaired) electrons. The molecule has 0 bridgehead atoms. The van der Waals surface area contributed by atoms with E-state index in [0.29, 0.717) is 24.5 Å². The summed E-state index contributed by atoms with van der Waals surface area (Å²) in [5.74, 6) is 1.20. The zero-order valence-corrected chi connectivity index (χ0v) is 11.3. The van der Waals surface area contributed by atoms with Gasteiger partial charge in [-0.15, -0.1) is 0 Å². The van der Waals surface area contributed by atoms with Crippen LogP contribution in [0.25, 0.3) is 0 Å². The molecule has 1 fully saturated rings. The molecular formula is C16H25NO. The lowest BCUT2D eigenvalue weighted by molar-refractivity contribution is 0.190. The summed E-state index contributed by atoms with van der Waals surface area (Å²) in [5, 5.41) is 12.9. The maximum absolute atomic E-state index is 9.31. The molecule has 0 heterocycles. The lowest BCUT2D eigenvalue weighted by Crippen LogP contribution is -2.34. The Labute approximate surface area is 110 Å². The Bertz CT molecular complexity index is 338. The minimum atomic E-state index is 0.361. The molecule has 0 aromatic heterocycles. The predicted octanol–water partition coefficient (Wildman–Crippen LogP) is 2.62. The molecular weight excluding hydrogens is 222 g/mol. The Balaban J connectivity index is 1.73. The fourth-order valence-corrected chi connectivity index (χ4v) is 3.02. The van der Waals surface area contributed by atoms with Gasteiger partial charge in [-0.05, 0) is 50.1 Å². The van der Waals surface area contributed by atoms with E-state index in [9.17, 15) is 5.11 Å². The van der Waals surface area contributed by atoms with E-state index in [-0.39, 0.29) is 0 Å². The van der Waals surface area contributed by atoms with Crippen molar-refractivity contribution in [3.8, 4) is 0 Å². The van der Waals surface area contributed by atoms with E-state index in [1.807, 2.05) is 0 Å². The maximum atomic E-state index is 9.31. The molecule has 0 aliphatic heterocycles. The van der Waals surface area contributed by atoms with Crippen LogP contribution in [0, 0.1) is 11.8 Å². The molecule has 2 nitrogen and oxygen atoms in total. The first-order chi connectivity index (χ1) is 8.79. The highest BCUT2D eigenvalue weighted by Gasteiger charge is 2.26. The first-order valence-corrected chi connectivity index (χ1v) is 7.17. The zero-order chi connectivity index (χ0) is 12.8. The van der Waals surface area contributed by atoms with Crippen LogP contribution >= 0.6 is 0 Å². The highest BCUT2D eigenvalue weighted by atomic mass is 16.3. The third-order valence-electron chi connectivity index (χ3n) is 4.16. The number of aliphatic hydroxyl groups is 1. The Morgan fingerprint density at radius 2 is 1.94 bits per heavy atom. The van der Waals surface area contributed by atoms with Gasteiger partial charge in [-0.3, -0.25) is 0 Å². The molecule has 1 aliphatic carbocycles. The Morgan fingerprint density at radius 1 is 1.22 bits per heavy atom. The molecule has 0 spiro atoms. The van der Waals surface area contributed by atoms with Gasteiger partial charge in [0, 0.05) is 12.6 Å². The molecule has 18 heavy (non-hydrogen) atoms. The van der Waals surface area contributed by atoms with E-state index in [1.54, 1.807) is 0 Å². The van der Waals surface area contributed by atoms with Crippen molar-refractivity contribution in [1.29, 1.82) is 0 Å². The van der Waals surface area contributed by atoms with E-state index in [1.165, 1.54) is 24.8 Å². The first-order valence-electron chi connectivity index (χ1n) is 7.17. The van der Waals surface area contributed by atoms with Gasteiger partial charge in [0.15, 0.2) is 0 Å². The highest BCUT2D eigenvalue weighted by molar-refractivity contribution is 5.15. The Hall–Kier alpha value is -0.860. The molecule has 1 aromatic rings. The van der Waals surface area contributed by atoms with Crippen molar-refractivity contribution >= 4 is 0 Å². The van der Waals surface area contributed by atoms with Gasteiger partial charge >= 0.3 is 0 Å². The molecule has 0 amide bonds. The minimum Gasteiger partial charge on any atom is -0.396 e. The Kier molecular flexibility index (Phi) is 5.21. The summed E-state index contributed by atoms with van der Waals surface area (Å²) < 4.78 is 0. The van der Waals surface area contributed by atoms with Crippen molar-refractivity contribution < 1.29 is 5.11 Å². The lowest BCUT2D eigenvalue weighted by atomic mass is 9.96. The number of hydrogen-bond acceptors (Lipinski definition) is 2. The number of hydrogen-bond donors (Lipinski definition) is 2. The summed E-state index contributed by atoms with van der Waals surface area (Å²) in [6, 6.07) is 11.1. The van der Waals surface area contributed by atoms with Gasteiger partial charge in [-0.1, -0.05) is 36.8 Å². The monoisotopic (exact) mass is 247 g/mol. The van der Waals surface area contributed by atoms with Crippen LogP contribution in [0.4, 0.5) is 0 Å². The normalized spacial score (nSPS) is 25.2. The average molecular weight is 247 g/mol. The standard InChI is InChI=1S/C16H25NO/c1-13(10-14-6-3-2-4-7-14)17-11-15-8-5-9-16(15)12-18/h2-4,6-7,13,15-18H,5,8-12H2,1H3. The van der Waals surface area contributed by atoms with Crippen LogP contribution < -0.4 is 5.32 Å². The van der Waals surface area contributed by atoms with Crippen molar-refractivity contribution in [1.82, 2.24) is 5.32 Å². The molecule has 2 N–H and O–H groups in total. The van der Waals surface area contributed by atoms with Gasteiger partial charge in [0.05, 0.1) is 0 Å². The molecule has 0 saturated heterocycles. The summed E-state index contributed by atoms with van der Waals surface area (Å²) in [5.41, 5.74) is 1.39. The van der Waals surface area contributed by atoms with Gasteiger partial charge in [-0.25, -0.2) is 0 Å². The second-order valence-electron chi connectivity index (χ2n) is 5.63. The van der Waals surface area contributed by atoms with Crippen molar-refractivity contribution in [2.75, 3.05) is 13.2 Å². The van der Waals surface area contributed by atoms with Crippen LogP contribution in [-0.2, 0) is 6.42 Å². The second-order valence-corrected chi connectivity index (χ2v) is 5.63. The second kappa shape index (κ2) is 6.91. The molecule has 100 valence electrons. The van der Waals surface area contributed by atoms with Gasteiger partial charge in [0.25, 0.3) is 0 Å². The molecule has 3 unspecified atom stereocenters. The van der Waals surface area contributed by atoms with E-state index >= 15 is 0 Å². The van der Waals surface area contributed by atoms with Gasteiger partial charge in [-0.2, -0.15) is 0 Å². The Morgan fingerprint density at radius 3 is 2.67 bits per heavy atom. The number of nitrogens with one attached hydrogen (secondary N) is 1. The summed E-state index contributed by atoms with van der Waals surface area (Å²) in [4.78, 5) is 0. The molecule has 1 saturated carbocycles. The van der Waals surface area contributed by atoms with Crippen LogP contribution in [0.3, 0.4) is 0 Å². The van der Waals surface area contributed by atoms with E-state index in [2.05, 4.69) is 42.6 Å². The van der Waals surface area contributed by atoms with Crippen molar-refractivity contribution in [2.24, 2.45) is 11.8 Å². The summed E-state index contributed by atoms with van der Waals surface area (Å²) >= 11 is 0. The van der Waals surface area contributed by atoms with Crippen LogP contribution in [0.2, 0.25) is 0 Å². The number of benzene rings is 1. The van der Waals surface area contributed by atoms with Crippen LogP contribution in [-0.4, -0.2) is 24.3 Å². The fraction of sp³-hybridized carbons (Fsp3) is 0.625. The quantitative estimate of drug-likeness (QED) is 0.810. The van der Waals surface area contributed by atoms with Crippen molar-refractivity contribution in [3.05, 3.63) is 35.9 Å². The summed E-state index contributed by atoms with van der Waals surface area (Å²) in [6.07, 6.45) is 4.84. The average Bonchev–Trinajstić information content (AvgIpc) is 2.85. The summed E-state index contributed by atoms with van der Waals surface area (Å²) in [6.45, 7) is 3.66. The van der Waals surface area contributed by atoms with Crippen molar-refractivity contribution in [3.63, 3.8) is 0 Å². The molecule has 3 atom stereocenters. The SMILES string of the molecule is CC(Cc1ccccc1)NCC1CCCC1CO. The molecule has 2 heteroatoms. The topological polar surface area (TPSA) is 32.3 Å². The first kappa shape index (κ1) is 13.6. The van der Waals surface area contributed by atoms with E-state index < -0.39 is 0 Å². The van der Waals surface area contributed by atoms with Crippen LogP contribution in [0.1, 0.15) is 31.7 Å². The van der Waals surface area contributed by atoms with Crippen LogP contribution in [0.15, 0.2) is 30.3 Å². The minimum absolute atomic E-state index is 0.361. The maximum Gasteiger partial charge on any atom is 0.0462 e. The molecule has 2 rings (SSSR count). The summed E-state index contributed by atoms with van der Waals surface area (Å²) in [7, 11) is 0. The predicted molar refractivity (Wildman–Crippen MR) is 75.5 cm³/mol. The van der Waals surface area contributed by atoms with E-state index in [4.69, 9.17) is 0 Å². The lowest BCUT2D eigenvalue weighted by Gasteiger charge is -2.21. The highest BCUT2D eigenvalue weighted by Crippen LogP contribution is 2.30. The molecule has 1 aliphatic rings. The van der Waals surface area contributed by atoms with Crippen molar-refractivity contribution in [2.45, 2.75) is 38.6 Å². The fourth-order valence-electron chi connectivity index (χ4n) is 3.02. The van der Waals surface area contributed by atoms with Gasteiger partial charge < -0.3 is 10.4 Å². The number of aliphatic hydroxyl groups excluding tert-OH is 1. The molecule has 1 aromatic carbocycles. The third kappa shape index (κ3) is 3.82. The van der Waals surface area contributed by atoms with Gasteiger partial charge in [0.2, 0.25) is 0 Å². The smallest absolute Gasteiger partial charge is 0.0462 e. The van der Waals surface area contributed by atoms with Crippen LogP contribution in [0.5, 0.6) is 0 Å². The largest absolute Gasteiger partial charge is 0.396 e. The number of rotatable bonds is 6.